The van der Waals surface area contributed by atoms with Gasteiger partial charge in [-0.15, -0.1) is 0 Å². The number of hydrogen-bond donors (Lipinski definition) is 1. The summed E-state index contributed by atoms with van der Waals surface area (Å²) in [6.07, 6.45) is 1.41. The molecule has 146 valence electrons. The van der Waals surface area contributed by atoms with E-state index >= 15 is 0 Å². The van der Waals surface area contributed by atoms with Crippen molar-refractivity contribution in [2.24, 2.45) is 0 Å². The number of aromatic nitrogens is 3. The second-order valence-corrected chi connectivity index (χ2v) is 6.29. The molecule has 0 saturated carbocycles. The van der Waals surface area contributed by atoms with E-state index in [9.17, 15) is 0 Å². The van der Waals surface area contributed by atoms with Crippen LogP contribution >= 0.6 is 0 Å². The van der Waals surface area contributed by atoms with Crippen LogP contribution in [-0.4, -0.2) is 36.3 Å². The maximum Gasteiger partial charge on any atom is 0.168 e. The Morgan fingerprint density at radius 3 is 2.41 bits per heavy atom. The Bertz CT molecular complexity index is 1190. The van der Waals surface area contributed by atoms with Crippen molar-refractivity contribution < 1.29 is 14.2 Å². The number of benzene rings is 2. The Balaban J connectivity index is 2.05. The maximum absolute atomic E-state index is 6.21. The van der Waals surface area contributed by atoms with Crippen LogP contribution in [0.25, 0.3) is 33.4 Å². The highest BCUT2D eigenvalue weighted by Gasteiger charge is 2.18. The Hall–Kier alpha value is -3.87. The number of nitrogen functional groups attached to an aromatic ring is 1. The molecule has 7 heteroatoms. The molecule has 0 unspecified atom stereocenters. The van der Waals surface area contributed by atoms with Gasteiger partial charge in [-0.2, -0.15) is 0 Å². The molecule has 7 nitrogen and oxygen atoms in total. The molecule has 0 fully saturated rings. The van der Waals surface area contributed by atoms with Crippen molar-refractivity contribution >= 4 is 16.9 Å². The first-order valence-corrected chi connectivity index (χ1v) is 8.93. The standard InChI is InChI=1S/C22H20N4O3/c1-27-14-7-4-6-13(10-14)17-11-16(19-21(23)24-12-25-22(19)26-17)15-8-5-9-18(28-2)20(15)29-3/h4-12H,1-3H3,(H2,23,24,25,26). The Morgan fingerprint density at radius 1 is 0.828 bits per heavy atom. The molecule has 2 N–H and O–H groups in total. The largest absolute Gasteiger partial charge is 0.497 e. The normalized spacial score (nSPS) is 10.7. The third-order valence-corrected chi connectivity index (χ3v) is 4.69. The van der Waals surface area contributed by atoms with Crippen molar-refractivity contribution in [3.8, 4) is 39.6 Å². The predicted octanol–water partition coefficient (Wildman–Crippen LogP) is 3.97. The molecule has 0 aliphatic carbocycles. The third kappa shape index (κ3) is 3.27. The van der Waals surface area contributed by atoms with Crippen LogP contribution in [0, 0.1) is 0 Å². The van der Waals surface area contributed by atoms with Crippen LogP contribution in [0.15, 0.2) is 54.9 Å². The molecule has 0 amide bonds. The Morgan fingerprint density at radius 2 is 1.66 bits per heavy atom. The zero-order chi connectivity index (χ0) is 20.4. The highest BCUT2D eigenvalue weighted by Crippen LogP contribution is 2.42. The van der Waals surface area contributed by atoms with E-state index in [0.717, 1.165) is 28.1 Å². The summed E-state index contributed by atoms with van der Waals surface area (Å²) in [6, 6.07) is 15.3. The molecular weight excluding hydrogens is 368 g/mol. The zero-order valence-electron chi connectivity index (χ0n) is 16.3. The highest BCUT2D eigenvalue weighted by atomic mass is 16.5. The predicted molar refractivity (Wildman–Crippen MR) is 112 cm³/mol. The molecule has 0 bridgehead atoms. The number of nitrogens with two attached hydrogens (primary N) is 1. The molecule has 2 aromatic heterocycles. The number of nitrogens with zero attached hydrogens (tertiary/aromatic N) is 3. The SMILES string of the molecule is COc1cccc(-c2cc(-c3cccc(OC)c3OC)c3c(N)ncnc3n2)c1. The summed E-state index contributed by atoms with van der Waals surface area (Å²) in [5.74, 6) is 2.31. The van der Waals surface area contributed by atoms with Crippen LogP contribution < -0.4 is 19.9 Å². The van der Waals surface area contributed by atoms with Gasteiger partial charge in [0.1, 0.15) is 17.9 Å². The van der Waals surface area contributed by atoms with Crippen LogP contribution in [0.4, 0.5) is 5.82 Å². The summed E-state index contributed by atoms with van der Waals surface area (Å²) in [4.78, 5) is 13.2. The lowest BCUT2D eigenvalue weighted by atomic mass is 9.98. The number of ether oxygens (including phenoxy) is 3. The summed E-state index contributed by atoms with van der Waals surface area (Å²) in [7, 11) is 4.84. The number of anilines is 1. The minimum atomic E-state index is 0.347. The number of pyridine rings is 1. The monoisotopic (exact) mass is 388 g/mol. The van der Waals surface area contributed by atoms with Gasteiger partial charge in [0.15, 0.2) is 17.1 Å². The van der Waals surface area contributed by atoms with Crippen molar-refractivity contribution in [3.63, 3.8) is 0 Å². The Labute approximate surface area is 168 Å². The van der Waals surface area contributed by atoms with Crippen molar-refractivity contribution in [1.82, 2.24) is 15.0 Å². The minimum absolute atomic E-state index is 0.347. The summed E-state index contributed by atoms with van der Waals surface area (Å²) in [5.41, 5.74) is 9.95. The summed E-state index contributed by atoms with van der Waals surface area (Å²) in [5, 5.41) is 0.658. The van der Waals surface area contributed by atoms with E-state index in [1.807, 2.05) is 48.5 Å². The molecule has 2 aromatic carbocycles. The molecule has 4 rings (SSSR count). The van der Waals surface area contributed by atoms with Gasteiger partial charge in [0.25, 0.3) is 0 Å². The van der Waals surface area contributed by atoms with E-state index in [0.29, 0.717) is 28.4 Å². The second kappa shape index (κ2) is 7.63. The van der Waals surface area contributed by atoms with Crippen molar-refractivity contribution in [2.45, 2.75) is 0 Å². The fourth-order valence-electron chi connectivity index (χ4n) is 3.33. The fraction of sp³-hybridized carbons (Fsp3) is 0.136. The van der Waals surface area contributed by atoms with Crippen LogP contribution in [0.2, 0.25) is 0 Å². The lowest BCUT2D eigenvalue weighted by Gasteiger charge is -2.16. The van der Waals surface area contributed by atoms with Gasteiger partial charge in [-0.05, 0) is 24.3 Å². The van der Waals surface area contributed by atoms with E-state index in [-0.39, 0.29) is 0 Å². The van der Waals surface area contributed by atoms with Crippen molar-refractivity contribution in [3.05, 3.63) is 54.9 Å². The number of hydrogen-bond acceptors (Lipinski definition) is 7. The van der Waals surface area contributed by atoms with E-state index < -0.39 is 0 Å². The molecule has 29 heavy (non-hydrogen) atoms. The topological polar surface area (TPSA) is 92.4 Å². The second-order valence-electron chi connectivity index (χ2n) is 6.29. The average Bonchev–Trinajstić information content (AvgIpc) is 2.77. The molecule has 0 saturated heterocycles. The van der Waals surface area contributed by atoms with Crippen molar-refractivity contribution in [2.75, 3.05) is 27.1 Å². The van der Waals surface area contributed by atoms with Gasteiger partial charge in [0.2, 0.25) is 0 Å². The first-order chi connectivity index (χ1) is 14.2. The highest BCUT2D eigenvalue weighted by molar-refractivity contribution is 6.02. The lowest BCUT2D eigenvalue weighted by molar-refractivity contribution is 0.356. The van der Waals surface area contributed by atoms with Crippen LogP contribution in [0.5, 0.6) is 17.2 Å². The number of fused-ring (bicyclic) bond motifs is 1. The molecule has 0 aliphatic rings. The quantitative estimate of drug-likeness (QED) is 0.553. The van der Waals surface area contributed by atoms with Gasteiger partial charge in [-0.1, -0.05) is 24.3 Å². The van der Waals surface area contributed by atoms with E-state index in [1.165, 1.54) is 6.33 Å². The summed E-state index contributed by atoms with van der Waals surface area (Å²) in [6.45, 7) is 0. The third-order valence-electron chi connectivity index (χ3n) is 4.69. The van der Waals surface area contributed by atoms with E-state index in [4.69, 9.17) is 24.9 Å². The zero-order valence-corrected chi connectivity index (χ0v) is 16.3. The molecule has 0 spiro atoms. The van der Waals surface area contributed by atoms with Gasteiger partial charge in [0, 0.05) is 16.7 Å². The number of methoxy groups -OCH3 is 3. The van der Waals surface area contributed by atoms with Crippen LogP contribution in [0.3, 0.4) is 0 Å². The molecule has 4 aromatic rings. The van der Waals surface area contributed by atoms with Gasteiger partial charge in [-0.25, -0.2) is 15.0 Å². The number of rotatable bonds is 5. The average molecular weight is 388 g/mol. The Kier molecular flexibility index (Phi) is 4.87. The summed E-state index contributed by atoms with van der Waals surface area (Å²) >= 11 is 0. The molecule has 0 atom stereocenters. The first kappa shape index (κ1) is 18.5. The lowest BCUT2D eigenvalue weighted by Crippen LogP contribution is -2.00. The molecule has 2 heterocycles. The van der Waals surface area contributed by atoms with Gasteiger partial charge >= 0.3 is 0 Å². The minimum Gasteiger partial charge on any atom is -0.497 e. The van der Waals surface area contributed by atoms with Gasteiger partial charge in [0.05, 0.1) is 32.4 Å². The van der Waals surface area contributed by atoms with Crippen LogP contribution in [-0.2, 0) is 0 Å². The van der Waals surface area contributed by atoms with Crippen molar-refractivity contribution in [1.29, 1.82) is 0 Å². The van der Waals surface area contributed by atoms with E-state index in [2.05, 4.69) is 9.97 Å². The molecule has 0 aliphatic heterocycles. The summed E-state index contributed by atoms with van der Waals surface area (Å²) < 4.78 is 16.5. The fourth-order valence-corrected chi connectivity index (χ4v) is 3.33. The smallest absolute Gasteiger partial charge is 0.168 e. The molecular formula is C22H20N4O3. The molecule has 0 radical (unpaired) electrons. The maximum atomic E-state index is 6.21. The van der Waals surface area contributed by atoms with Gasteiger partial charge < -0.3 is 19.9 Å². The van der Waals surface area contributed by atoms with E-state index in [1.54, 1.807) is 21.3 Å². The van der Waals surface area contributed by atoms with Gasteiger partial charge in [-0.3, -0.25) is 0 Å². The first-order valence-electron chi connectivity index (χ1n) is 8.93. The van der Waals surface area contributed by atoms with Crippen LogP contribution in [0.1, 0.15) is 0 Å². The number of para-hydroxylation sites is 1.